The Morgan fingerprint density at radius 1 is 1.00 bits per heavy atom. The van der Waals surface area contributed by atoms with Crippen molar-refractivity contribution in [3.05, 3.63) is 36.3 Å². The Morgan fingerprint density at radius 3 is 2.52 bits per heavy atom. The molecule has 1 aromatic carbocycles. The van der Waals surface area contributed by atoms with Gasteiger partial charge in [-0.1, -0.05) is 25.3 Å². The summed E-state index contributed by atoms with van der Waals surface area (Å²) in [5.41, 5.74) is 11.8. The molecule has 31 heavy (non-hydrogen) atoms. The number of anilines is 1. The van der Waals surface area contributed by atoms with Crippen LogP contribution in [0.2, 0.25) is 0 Å². The van der Waals surface area contributed by atoms with Gasteiger partial charge in [-0.05, 0) is 63.1 Å². The van der Waals surface area contributed by atoms with Gasteiger partial charge in [0.15, 0.2) is 0 Å². The Morgan fingerprint density at radius 2 is 1.77 bits per heavy atom. The average Bonchev–Trinajstić information content (AvgIpc) is 3.28. The first-order valence-corrected chi connectivity index (χ1v) is 11.8. The van der Waals surface area contributed by atoms with Crippen LogP contribution in [-0.4, -0.2) is 38.8 Å². The van der Waals surface area contributed by atoms with Gasteiger partial charge in [0, 0.05) is 35.8 Å². The third-order valence-corrected chi connectivity index (χ3v) is 7.39. The minimum atomic E-state index is -0.114. The Hall–Kier alpha value is -2.47. The monoisotopic (exact) mass is 418 g/mol. The van der Waals surface area contributed by atoms with Gasteiger partial charge in [-0.3, -0.25) is 10.1 Å². The number of hydrogen-bond acceptors (Lipinski definition) is 5. The Labute approximate surface area is 184 Å². The number of hydrogen-bond donors (Lipinski definition) is 2. The highest BCUT2D eigenvalue weighted by Crippen LogP contribution is 2.37. The van der Waals surface area contributed by atoms with Gasteiger partial charge in [0.1, 0.15) is 5.82 Å². The molecule has 6 nitrogen and oxygen atoms in total. The summed E-state index contributed by atoms with van der Waals surface area (Å²) >= 11 is 0. The van der Waals surface area contributed by atoms with Crippen LogP contribution in [0, 0.1) is 5.92 Å². The molecule has 3 aromatic rings. The molecule has 0 radical (unpaired) electrons. The van der Waals surface area contributed by atoms with Crippen molar-refractivity contribution in [1.82, 2.24) is 20.2 Å². The smallest absolute Gasteiger partial charge is 0.147 e. The molecule has 5 rings (SSSR count). The molecule has 164 valence electrons. The number of rotatable bonds is 4. The van der Waals surface area contributed by atoms with Gasteiger partial charge >= 0.3 is 0 Å². The highest BCUT2D eigenvalue weighted by molar-refractivity contribution is 5.82. The number of fused-ring (bicyclic) bond motifs is 1. The standard InChI is InChI=1S/C25H34N6/c1-25(2,26)19-10-12-31(13-11-19)23-16-27-21-9-8-18(14-22(21)29-23)20-15-28-30-24(20)17-6-4-3-5-7-17/h8-9,14-17,19H,3-7,10-13,26H2,1-2H3,(H,28,30). The molecule has 0 unspecified atom stereocenters. The van der Waals surface area contributed by atoms with Gasteiger partial charge in [0.25, 0.3) is 0 Å². The van der Waals surface area contributed by atoms with Crippen LogP contribution in [0.3, 0.4) is 0 Å². The van der Waals surface area contributed by atoms with E-state index in [2.05, 4.69) is 47.1 Å². The van der Waals surface area contributed by atoms with Crippen molar-refractivity contribution < 1.29 is 0 Å². The lowest BCUT2D eigenvalue weighted by molar-refractivity contribution is 0.265. The lowest BCUT2D eigenvalue weighted by Crippen LogP contribution is -2.47. The molecule has 1 saturated heterocycles. The van der Waals surface area contributed by atoms with Crippen molar-refractivity contribution in [1.29, 1.82) is 0 Å². The summed E-state index contributed by atoms with van der Waals surface area (Å²) in [6.07, 6.45) is 12.6. The van der Waals surface area contributed by atoms with Gasteiger partial charge in [-0.2, -0.15) is 5.10 Å². The fourth-order valence-corrected chi connectivity index (χ4v) is 5.40. The number of H-pyrrole nitrogens is 1. The third-order valence-electron chi connectivity index (χ3n) is 7.39. The van der Waals surface area contributed by atoms with Gasteiger partial charge in [-0.15, -0.1) is 0 Å². The zero-order chi connectivity index (χ0) is 21.4. The molecule has 0 amide bonds. The van der Waals surface area contributed by atoms with E-state index in [4.69, 9.17) is 15.7 Å². The summed E-state index contributed by atoms with van der Waals surface area (Å²) in [7, 11) is 0. The molecule has 6 heteroatoms. The van der Waals surface area contributed by atoms with E-state index in [1.54, 1.807) is 0 Å². The predicted molar refractivity (Wildman–Crippen MR) is 126 cm³/mol. The Kier molecular flexibility index (Phi) is 5.42. The van der Waals surface area contributed by atoms with Gasteiger partial charge in [0.05, 0.1) is 23.4 Å². The Bertz CT molecular complexity index is 1040. The highest BCUT2D eigenvalue weighted by Gasteiger charge is 2.30. The van der Waals surface area contributed by atoms with Crippen LogP contribution in [0.15, 0.2) is 30.6 Å². The van der Waals surface area contributed by atoms with Crippen molar-refractivity contribution in [3.63, 3.8) is 0 Å². The molecule has 3 heterocycles. The molecule has 1 saturated carbocycles. The molecule has 2 aliphatic rings. The first-order valence-electron chi connectivity index (χ1n) is 11.8. The van der Waals surface area contributed by atoms with Crippen molar-refractivity contribution >= 4 is 16.9 Å². The van der Waals surface area contributed by atoms with Crippen LogP contribution in [-0.2, 0) is 0 Å². The summed E-state index contributed by atoms with van der Waals surface area (Å²) in [5, 5.41) is 7.69. The minimum Gasteiger partial charge on any atom is -0.355 e. The summed E-state index contributed by atoms with van der Waals surface area (Å²) in [6.45, 7) is 6.25. The van der Waals surface area contributed by atoms with Gasteiger partial charge in [0.2, 0.25) is 0 Å². The van der Waals surface area contributed by atoms with Crippen LogP contribution < -0.4 is 10.6 Å². The van der Waals surface area contributed by atoms with E-state index in [0.717, 1.165) is 42.8 Å². The highest BCUT2D eigenvalue weighted by atomic mass is 15.2. The van der Waals surface area contributed by atoms with Crippen LogP contribution in [0.1, 0.15) is 70.4 Å². The quantitative estimate of drug-likeness (QED) is 0.621. The van der Waals surface area contributed by atoms with Crippen molar-refractivity contribution in [2.75, 3.05) is 18.0 Å². The molecular formula is C25H34N6. The fraction of sp³-hybridized carbons (Fsp3) is 0.560. The lowest BCUT2D eigenvalue weighted by atomic mass is 9.81. The third kappa shape index (κ3) is 4.18. The second-order valence-electron chi connectivity index (χ2n) is 10.0. The Balaban J connectivity index is 1.40. The van der Waals surface area contributed by atoms with Gasteiger partial charge in [-0.25, -0.2) is 4.98 Å². The summed E-state index contributed by atoms with van der Waals surface area (Å²) < 4.78 is 0. The first-order chi connectivity index (χ1) is 15.0. The van der Waals surface area contributed by atoms with E-state index in [0.29, 0.717) is 11.8 Å². The average molecular weight is 419 g/mol. The minimum absolute atomic E-state index is 0.114. The summed E-state index contributed by atoms with van der Waals surface area (Å²) in [5.74, 6) is 2.12. The first kappa shape index (κ1) is 20.4. The summed E-state index contributed by atoms with van der Waals surface area (Å²) in [4.78, 5) is 12.1. The van der Waals surface area contributed by atoms with E-state index in [9.17, 15) is 0 Å². The molecule has 1 aliphatic carbocycles. The molecule has 0 atom stereocenters. The normalized spacial score (nSPS) is 19.3. The van der Waals surface area contributed by atoms with Crippen molar-refractivity contribution in [3.8, 4) is 11.1 Å². The summed E-state index contributed by atoms with van der Waals surface area (Å²) in [6, 6.07) is 6.42. The van der Waals surface area contributed by atoms with E-state index in [1.807, 2.05) is 12.4 Å². The number of nitrogens with zero attached hydrogens (tertiary/aromatic N) is 4. The zero-order valence-corrected chi connectivity index (χ0v) is 18.8. The second-order valence-corrected chi connectivity index (χ2v) is 10.0. The van der Waals surface area contributed by atoms with E-state index in [-0.39, 0.29) is 5.54 Å². The largest absolute Gasteiger partial charge is 0.355 e. The zero-order valence-electron chi connectivity index (χ0n) is 18.8. The molecule has 2 fully saturated rings. The van der Waals surface area contributed by atoms with Gasteiger partial charge < -0.3 is 10.6 Å². The molecule has 1 aliphatic heterocycles. The van der Waals surface area contributed by atoms with Crippen LogP contribution in [0.4, 0.5) is 5.82 Å². The van der Waals surface area contributed by atoms with E-state index < -0.39 is 0 Å². The number of piperidine rings is 1. The van der Waals surface area contributed by atoms with Crippen LogP contribution in [0.25, 0.3) is 22.2 Å². The fourth-order valence-electron chi connectivity index (χ4n) is 5.40. The van der Waals surface area contributed by atoms with E-state index >= 15 is 0 Å². The molecule has 0 spiro atoms. The van der Waals surface area contributed by atoms with Crippen LogP contribution >= 0.6 is 0 Å². The van der Waals surface area contributed by atoms with Crippen molar-refractivity contribution in [2.24, 2.45) is 11.7 Å². The molecular weight excluding hydrogens is 384 g/mol. The predicted octanol–water partition coefficient (Wildman–Crippen LogP) is 5.02. The number of aromatic amines is 1. The van der Waals surface area contributed by atoms with E-state index in [1.165, 1.54) is 48.9 Å². The maximum Gasteiger partial charge on any atom is 0.147 e. The maximum absolute atomic E-state index is 6.34. The number of nitrogens with one attached hydrogen (secondary N) is 1. The molecule has 3 N–H and O–H groups in total. The maximum atomic E-state index is 6.34. The molecule has 0 bridgehead atoms. The second kappa shape index (κ2) is 8.23. The number of nitrogens with two attached hydrogens (primary N) is 1. The van der Waals surface area contributed by atoms with Crippen molar-refractivity contribution in [2.45, 2.75) is 70.3 Å². The molecule has 2 aromatic heterocycles. The topological polar surface area (TPSA) is 83.7 Å². The van der Waals surface area contributed by atoms with Crippen LogP contribution in [0.5, 0.6) is 0 Å². The lowest BCUT2D eigenvalue weighted by Gasteiger charge is -2.39. The SMILES string of the molecule is CC(C)(N)C1CCN(c2cnc3ccc(-c4cn[nH]c4C4CCCCC4)cc3n2)CC1. The number of benzene rings is 1. The number of aromatic nitrogens is 4.